The van der Waals surface area contributed by atoms with Crippen molar-refractivity contribution in [3.05, 3.63) is 59.4 Å². The van der Waals surface area contributed by atoms with Crippen LogP contribution in [0.1, 0.15) is 27.6 Å². The Hall–Kier alpha value is -3.31. The number of rotatable bonds is 7. The van der Waals surface area contributed by atoms with Gasteiger partial charge in [0.2, 0.25) is 15.9 Å². The molecule has 1 atom stereocenters. The number of anilines is 1. The van der Waals surface area contributed by atoms with Crippen LogP contribution in [0.25, 0.3) is 0 Å². The fourth-order valence-corrected chi connectivity index (χ4v) is 3.59. The van der Waals surface area contributed by atoms with E-state index in [2.05, 4.69) is 19.5 Å². The maximum atomic E-state index is 13.0. The van der Waals surface area contributed by atoms with Crippen LogP contribution in [0.5, 0.6) is 0 Å². The zero-order valence-corrected chi connectivity index (χ0v) is 17.1. The van der Waals surface area contributed by atoms with Crippen LogP contribution in [-0.2, 0) is 24.3 Å². The molecule has 0 aliphatic carbocycles. The molecule has 0 saturated heterocycles. The number of amides is 1. The van der Waals surface area contributed by atoms with Crippen LogP contribution in [0.2, 0.25) is 0 Å². The Morgan fingerprint density at radius 3 is 1.90 bits per heavy atom. The third-order valence-corrected chi connectivity index (χ3v) is 5.45. The molecule has 0 aromatic heterocycles. The molecule has 2 N–H and O–H groups in total. The van der Waals surface area contributed by atoms with Gasteiger partial charge in [-0.25, -0.2) is 22.4 Å². The van der Waals surface area contributed by atoms with Crippen molar-refractivity contribution in [2.75, 3.05) is 19.5 Å². The Kier molecular flexibility index (Phi) is 7.24. The van der Waals surface area contributed by atoms with E-state index in [1.54, 1.807) is 0 Å². The number of esters is 2. The van der Waals surface area contributed by atoms with E-state index in [1.807, 2.05) is 0 Å². The first-order valence-electron chi connectivity index (χ1n) is 8.48. The van der Waals surface area contributed by atoms with Gasteiger partial charge in [-0.1, -0.05) is 0 Å². The predicted molar refractivity (Wildman–Crippen MR) is 104 cm³/mol. The van der Waals surface area contributed by atoms with Gasteiger partial charge in [0.05, 0.1) is 36.3 Å². The number of sulfonamides is 1. The van der Waals surface area contributed by atoms with E-state index in [0.29, 0.717) is 0 Å². The quantitative estimate of drug-likeness (QED) is 0.630. The number of methoxy groups -OCH3 is 2. The molecule has 0 heterocycles. The molecule has 30 heavy (non-hydrogen) atoms. The number of hydrogen-bond acceptors (Lipinski definition) is 7. The highest BCUT2D eigenvalue weighted by Crippen LogP contribution is 2.18. The monoisotopic (exact) mass is 438 g/mol. The predicted octanol–water partition coefficient (Wildman–Crippen LogP) is 1.70. The Balaban J connectivity index is 2.22. The number of ether oxygens (including phenoxy) is 2. The van der Waals surface area contributed by atoms with Gasteiger partial charge >= 0.3 is 11.9 Å². The average molecular weight is 438 g/mol. The zero-order chi connectivity index (χ0) is 22.5. The number of hydrogen-bond donors (Lipinski definition) is 2. The summed E-state index contributed by atoms with van der Waals surface area (Å²) in [6.07, 6.45) is 0. The van der Waals surface area contributed by atoms with E-state index < -0.39 is 39.7 Å². The molecule has 0 fully saturated rings. The summed E-state index contributed by atoms with van der Waals surface area (Å²) >= 11 is 0. The highest BCUT2D eigenvalue weighted by Gasteiger charge is 2.23. The summed E-state index contributed by atoms with van der Waals surface area (Å²) < 4.78 is 49.1. The molecule has 160 valence electrons. The maximum absolute atomic E-state index is 13.0. The highest BCUT2D eigenvalue weighted by atomic mass is 32.2. The van der Waals surface area contributed by atoms with Crippen LogP contribution in [-0.4, -0.2) is 46.5 Å². The van der Waals surface area contributed by atoms with Crippen molar-refractivity contribution in [1.82, 2.24) is 4.72 Å². The molecule has 0 radical (unpaired) electrons. The number of nitrogens with one attached hydrogen (secondary N) is 2. The summed E-state index contributed by atoms with van der Waals surface area (Å²) in [5.41, 5.74) is 0.0154. The summed E-state index contributed by atoms with van der Waals surface area (Å²) in [5.74, 6) is -2.87. The fraction of sp³-hybridized carbons (Fsp3) is 0.211. The van der Waals surface area contributed by atoms with E-state index in [4.69, 9.17) is 0 Å². The van der Waals surface area contributed by atoms with Gasteiger partial charge in [-0.3, -0.25) is 4.79 Å². The van der Waals surface area contributed by atoms with Crippen LogP contribution in [0.3, 0.4) is 0 Å². The van der Waals surface area contributed by atoms with Crippen molar-refractivity contribution in [2.24, 2.45) is 0 Å². The molecular weight excluding hydrogens is 419 g/mol. The molecule has 11 heteroatoms. The third-order valence-electron chi connectivity index (χ3n) is 3.89. The van der Waals surface area contributed by atoms with Crippen molar-refractivity contribution >= 4 is 33.6 Å². The van der Waals surface area contributed by atoms with Crippen LogP contribution >= 0.6 is 0 Å². The first-order valence-corrected chi connectivity index (χ1v) is 9.96. The number of carbonyl (C=O) groups is 3. The topological polar surface area (TPSA) is 128 Å². The van der Waals surface area contributed by atoms with Crippen molar-refractivity contribution in [2.45, 2.75) is 17.9 Å². The molecular formula is C19H19FN2O7S. The molecule has 2 aromatic carbocycles. The summed E-state index contributed by atoms with van der Waals surface area (Å²) in [5, 5.41) is 2.42. The minimum Gasteiger partial charge on any atom is -0.465 e. The lowest BCUT2D eigenvalue weighted by molar-refractivity contribution is -0.117. The van der Waals surface area contributed by atoms with Crippen molar-refractivity contribution in [3.63, 3.8) is 0 Å². The molecule has 0 saturated carbocycles. The summed E-state index contributed by atoms with van der Waals surface area (Å²) in [6.45, 7) is 1.29. The van der Waals surface area contributed by atoms with Crippen LogP contribution < -0.4 is 10.0 Å². The summed E-state index contributed by atoms with van der Waals surface area (Å²) in [7, 11) is -1.79. The summed E-state index contributed by atoms with van der Waals surface area (Å²) in [6, 6.07) is 6.60. The molecule has 0 bridgehead atoms. The lowest BCUT2D eigenvalue weighted by Gasteiger charge is -2.15. The van der Waals surface area contributed by atoms with Crippen LogP contribution in [0, 0.1) is 5.82 Å². The normalized spacial score (nSPS) is 12.0. The van der Waals surface area contributed by atoms with Gasteiger partial charge in [0, 0.05) is 5.69 Å². The Morgan fingerprint density at radius 1 is 0.933 bits per heavy atom. The van der Waals surface area contributed by atoms with Gasteiger partial charge in [0.1, 0.15) is 5.82 Å². The number of halogens is 1. The van der Waals surface area contributed by atoms with E-state index in [1.165, 1.54) is 25.1 Å². The first-order chi connectivity index (χ1) is 14.1. The van der Waals surface area contributed by atoms with Gasteiger partial charge in [-0.15, -0.1) is 0 Å². The number of benzene rings is 2. The maximum Gasteiger partial charge on any atom is 0.337 e. The molecule has 2 aromatic rings. The lowest BCUT2D eigenvalue weighted by atomic mass is 10.1. The van der Waals surface area contributed by atoms with Crippen molar-refractivity contribution < 1.29 is 36.7 Å². The molecule has 0 spiro atoms. The molecule has 1 amide bonds. The molecule has 0 aliphatic heterocycles. The second-order valence-electron chi connectivity index (χ2n) is 6.07. The van der Waals surface area contributed by atoms with Crippen molar-refractivity contribution in [1.29, 1.82) is 0 Å². The Morgan fingerprint density at radius 2 is 1.43 bits per heavy atom. The molecule has 9 nitrogen and oxygen atoms in total. The second kappa shape index (κ2) is 9.46. The van der Waals surface area contributed by atoms with Gasteiger partial charge in [-0.2, -0.15) is 4.72 Å². The lowest BCUT2D eigenvalue weighted by Crippen LogP contribution is -2.41. The largest absolute Gasteiger partial charge is 0.465 e. The van der Waals surface area contributed by atoms with Gasteiger partial charge in [0.25, 0.3) is 0 Å². The van der Waals surface area contributed by atoms with Gasteiger partial charge in [-0.05, 0) is 49.4 Å². The second-order valence-corrected chi connectivity index (χ2v) is 7.78. The molecule has 0 unspecified atom stereocenters. The van der Waals surface area contributed by atoms with E-state index in [9.17, 15) is 27.2 Å². The van der Waals surface area contributed by atoms with Crippen LogP contribution in [0.15, 0.2) is 47.4 Å². The average Bonchev–Trinajstić information content (AvgIpc) is 2.72. The number of carbonyl (C=O) groups excluding carboxylic acids is 3. The Bertz CT molecular complexity index is 1030. The third kappa shape index (κ3) is 5.61. The van der Waals surface area contributed by atoms with Gasteiger partial charge < -0.3 is 14.8 Å². The van der Waals surface area contributed by atoms with Gasteiger partial charge in [0.15, 0.2) is 0 Å². The molecule has 0 aliphatic rings. The van der Waals surface area contributed by atoms with Crippen LogP contribution in [0.4, 0.5) is 10.1 Å². The Labute approximate surface area is 172 Å². The smallest absolute Gasteiger partial charge is 0.337 e. The first kappa shape index (κ1) is 23.0. The fourth-order valence-electron chi connectivity index (χ4n) is 2.39. The zero-order valence-electron chi connectivity index (χ0n) is 16.3. The van der Waals surface area contributed by atoms with E-state index in [0.717, 1.165) is 38.5 Å². The summed E-state index contributed by atoms with van der Waals surface area (Å²) in [4.78, 5) is 35.9. The highest BCUT2D eigenvalue weighted by molar-refractivity contribution is 7.89. The standard InChI is InChI=1S/C19H19FN2O7S/c1-11(22-30(26,27)16-6-4-14(20)5-7-16)17(23)21-15-9-12(18(24)28-2)8-13(10-15)19(25)29-3/h4-11,22H,1-3H3,(H,21,23)/t11-/m1/s1. The van der Waals surface area contributed by atoms with E-state index in [-0.39, 0.29) is 21.7 Å². The van der Waals surface area contributed by atoms with Crippen molar-refractivity contribution in [3.8, 4) is 0 Å². The minimum absolute atomic E-state index is 0.0183. The van der Waals surface area contributed by atoms with E-state index >= 15 is 0 Å². The minimum atomic E-state index is -4.09. The molecule has 2 rings (SSSR count). The SMILES string of the molecule is COC(=O)c1cc(NC(=O)[C@@H](C)NS(=O)(=O)c2ccc(F)cc2)cc(C(=O)OC)c1.